The first-order valence-electron chi connectivity index (χ1n) is 4.30. The number of nitrogens with one attached hydrogen (secondary N) is 2. The van der Waals surface area contributed by atoms with Gasteiger partial charge in [0.2, 0.25) is 5.91 Å². The Hall–Kier alpha value is -1.63. The molecule has 0 rings (SSSR count). The number of rotatable bonds is 4. The van der Waals surface area contributed by atoms with Crippen LogP contribution in [-0.4, -0.2) is 49.5 Å². The standard InChI is InChI=1S/C8H15N3O4/c1-6(12)9-10-7(13)4-11(2,3)5-8(14)15/h4-5H2,1-3H3,(H2-,9,10,12,13,14,15). The minimum absolute atomic E-state index is 0.0479. The third-order valence-electron chi connectivity index (χ3n) is 1.51. The first kappa shape index (κ1) is 13.4. The lowest BCUT2D eigenvalue weighted by molar-refractivity contribution is -0.876. The number of quaternary nitrogens is 1. The second kappa shape index (κ2) is 5.30. The molecule has 0 atom stereocenters. The van der Waals surface area contributed by atoms with Gasteiger partial charge < -0.3 is 14.4 Å². The SMILES string of the molecule is CC(=O)NNC(=O)C[N+](C)(C)CC(=O)[O-]. The number of amides is 2. The summed E-state index contributed by atoms with van der Waals surface area (Å²) in [5.74, 6) is -2.09. The van der Waals surface area contributed by atoms with Crippen molar-refractivity contribution in [2.45, 2.75) is 6.92 Å². The Morgan fingerprint density at radius 3 is 2.07 bits per heavy atom. The molecule has 86 valence electrons. The van der Waals surface area contributed by atoms with E-state index >= 15 is 0 Å². The number of hydrogen-bond acceptors (Lipinski definition) is 4. The molecule has 15 heavy (non-hydrogen) atoms. The van der Waals surface area contributed by atoms with Crippen molar-refractivity contribution in [3.63, 3.8) is 0 Å². The molecule has 2 N–H and O–H groups in total. The maximum atomic E-state index is 11.2. The van der Waals surface area contributed by atoms with Gasteiger partial charge in [-0.05, 0) is 0 Å². The fraction of sp³-hybridized carbons (Fsp3) is 0.625. The zero-order chi connectivity index (χ0) is 12.1. The van der Waals surface area contributed by atoms with E-state index in [4.69, 9.17) is 0 Å². The van der Waals surface area contributed by atoms with E-state index in [1.54, 1.807) is 14.1 Å². The van der Waals surface area contributed by atoms with Gasteiger partial charge in [0.05, 0.1) is 20.1 Å². The summed E-state index contributed by atoms with van der Waals surface area (Å²) in [7, 11) is 3.15. The Morgan fingerprint density at radius 2 is 1.67 bits per heavy atom. The quantitative estimate of drug-likeness (QED) is 0.387. The predicted molar refractivity (Wildman–Crippen MR) is 48.8 cm³/mol. The van der Waals surface area contributed by atoms with Crippen molar-refractivity contribution in [3.05, 3.63) is 0 Å². The predicted octanol–water partition coefficient (Wildman–Crippen LogP) is -3.02. The van der Waals surface area contributed by atoms with Gasteiger partial charge in [-0.2, -0.15) is 0 Å². The van der Waals surface area contributed by atoms with E-state index in [1.807, 2.05) is 0 Å². The van der Waals surface area contributed by atoms with Crippen molar-refractivity contribution in [3.8, 4) is 0 Å². The molecule has 7 nitrogen and oxygen atoms in total. The van der Waals surface area contributed by atoms with Gasteiger partial charge in [-0.1, -0.05) is 0 Å². The van der Waals surface area contributed by atoms with Crippen molar-refractivity contribution in [1.29, 1.82) is 0 Å². The zero-order valence-electron chi connectivity index (χ0n) is 8.99. The summed E-state index contributed by atoms with van der Waals surface area (Å²) in [6.45, 7) is 0.920. The molecule has 0 bridgehead atoms. The third-order valence-corrected chi connectivity index (χ3v) is 1.51. The molecule has 0 saturated heterocycles. The molecule has 7 heteroatoms. The number of aliphatic carboxylic acids is 1. The van der Waals surface area contributed by atoms with E-state index in [1.165, 1.54) is 6.92 Å². The lowest BCUT2D eigenvalue weighted by Gasteiger charge is -2.29. The summed E-state index contributed by atoms with van der Waals surface area (Å²) in [5, 5.41) is 10.3. The number of likely N-dealkylation sites (N-methyl/N-ethyl adjacent to an activating group) is 1. The van der Waals surface area contributed by atoms with Gasteiger partial charge in [0.15, 0.2) is 6.54 Å². The highest BCUT2D eigenvalue weighted by atomic mass is 16.4. The number of hydrazine groups is 1. The number of carbonyl (C=O) groups is 3. The van der Waals surface area contributed by atoms with Crippen LogP contribution in [0.5, 0.6) is 0 Å². The van der Waals surface area contributed by atoms with E-state index in [2.05, 4.69) is 10.9 Å². The van der Waals surface area contributed by atoms with E-state index < -0.39 is 17.8 Å². The number of carbonyl (C=O) groups excluding carboxylic acids is 3. The van der Waals surface area contributed by atoms with Crippen molar-refractivity contribution in [2.75, 3.05) is 27.2 Å². The highest BCUT2D eigenvalue weighted by Gasteiger charge is 2.20. The fourth-order valence-corrected chi connectivity index (χ4v) is 0.991. The second-order valence-electron chi connectivity index (χ2n) is 3.85. The van der Waals surface area contributed by atoms with E-state index in [0.29, 0.717) is 0 Å². The smallest absolute Gasteiger partial charge is 0.293 e. The topological polar surface area (TPSA) is 98.3 Å². The normalized spacial score (nSPS) is 10.6. The maximum absolute atomic E-state index is 11.2. The van der Waals surface area contributed by atoms with Crippen LogP contribution < -0.4 is 16.0 Å². The summed E-state index contributed by atoms with van der Waals surface area (Å²) in [4.78, 5) is 32.0. The molecule has 0 unspecified atom stereocenters. The minimum atomic E-state index is -1.23. The molecule has 0 aliphatic heterocycles. The molecule has 0 radical (unpaired) electrons. The van der Waals surface area contributed by atoms with Gasteiger partial charge in [-0.15, -0.1) is 0 Å². The Labute approximate surface area is 87.6 Å². The van der Waals surface area contributed by atoms with Crippen LogP contribution in [0.25, 0.3) is 0 Å². The van der Waals surface area contributed by atoms with Gasteiger partial charge in [0.1, 0.15) is 6.54 Å². The van der Waals surface area contributed by atoms with Gasteiger partial charge in [0, 0.05) is 6.92 Å². The maximum Gasteiger partial charge on any atom is 0.293 e. The molecule has 0 heterocycles. The molecule has 0 aromatic heterocycles. The number of hydrogen-bond donors (Lipinski definition) is 2. The second-order valence-corrected chi connectivity index (χ2v) is 3.85. The monoisotopic (exact) mass is 217 g/mol. The summed E-state index contributed by atoms with van der Waals surface area (Å²) >= 11 is 0. The third kappa shape index (κ3) is 7.44. The molecule has 0 aromatic carbocycles. The van der Waals surface area contributed by atoms with Crippen molar-refractivity contribution in [2.24, 2.45) is 0 Å². The number of carboxylic acid groups (broad SMARTS) is 1. The van der Waals surface area contributed by atoms with Crippen molar-refractivity contribution >= 4 is 17.8 Å². The average molecular weight is 217 g/mol. The molecule has 0 aliphatic carbocycles. The number of carboxylic acids is 1. The lowest BCUT2D eigenvalue weighted by Crippen LogP contribution is -2.54. The Balaban J connectivity index is 4.04. The summed E-state index contributed by atoms with van der Waals surface area (Å²) in [6.07, 6.45) is 0. The summed E-state index contributed by atoms with van der Waals surface area (Å²) in [6, 6.07) is 0. The Morgan fingerprint density at radius 1 is 1.13 bits per heavy atom. The van der Waals surface area contributed by atoms with Crippen molar-refractivity contribution in [1.82, 2.24) is 10.9 Å². The Bertz CT molecular complexity index is 275. The molecule has 0 aromatic rings. The highest BCUT2D eigenvalue weighted by Crippen LogP contribution is 1.94. The first-order chi connectivity index (χ1) is 6.73. The van der Waals surface area contributed by atoms with E-state index in [-0.39, 0.29) is 17.6 Å². The summed E-state index contributed by atoms with van der Waals surface area (Å²) in [5.41, 5.74) is 4.25. The minimum Gasteiger partial charge on any atom is -0.544 e. The average Bonchev–Trinajstić information content (AvgIpc) is 1.96. The molecule has 0 aliphatic rings. The van der Waals surface area contributed by atoms with Gasteiger partial charge in [-0.3, -0.25) is 20.4 Å². The molecular formula is C8H15N3O4. The molecule has 0 spiro atoms. The number of nitrogens with zero attached hydrogens (tertiary/aromatic N) is 1. The zero-order valence-corrected chi connectivity index (χ0v) is 8.99. The van der Waals surface area contributed by atoms with Crippen LogP contribution in [0, 0.1) is 0 Å². The van der Waals surface area contributed by atoms with Crippen molar-refractivity contribution < 1.29 is 24.0 Å². The van der Waals surface area contributed by atoms with E-state index in [0.717, 1.165) is 0 Å². The van der Waals surface area contributed by atoms with Crippen LogP contribution in [0.3, 0.4) is 0 Å². The van der Waals surface area contributed by atoms with Crippen LogP contribution >= 0.6 is 0 Å². The largest absolute Gasteiger partial charge is 0.544 e. The van der Waals surface area contributed by atoms with Crippen LogP contribution in [0.15, 0.2) is 0 Å². The highest BCUT2D eigenvalue weighted by molar-refractivity contribution is 5.81. The Kier molecular flexibility index (Phi) is 4.72. The molecule has 2 amide bonds. The van der Waals surface area contributed by atoms with Gasteiger partial charge in [0.25, 0.3) is 5.91 Å². The molecule has 0 saturated carbocycles. The van der Waals surface area contributed by atoms with Crippen LogP contribution in [0.2, 0.25) is 0 Å². The fourth-order valence-electron chi connectivity index (χ4n) is 0.991. The lowest BCUT2D eigenvalue weighted by atomic mass is 10.4. The van der Waals surface area contributed by atoms with Crippen LogP contribution in [0.1, 0.15) is 6.92 Å². The molecular weight excluding hydrogens is 202 g/mol. The summed E-state index contributed by atoms with van der Waals surface area (Å²) < 4.78 is -0.0479. The van der Waals surface area contributed by atoms with Gasteiger partial charge in [-0.25, -0.2) is 0 Å². The van der Waals surface area contributed by atoms with Crippen LogP contribution in [-0.2, 0) is 14.4 Å². The van der Waals surface area contributed by atoms with Crippen LogP contribution in [0.4, 0.5) is 0 Å². The van der Waals surface area contributed by atoms with E-state index in [9.17, 15) is 19.5 Å². The molecule has 0 fully saturated rings. The first-order valence-corrected chi connectivity index (χ1v) is 4.30. The van der Waals surface area contributed by atoms with Gasteiger partial charge >= 0.3 is 0 Å².